The van der Waals surface area contributed by atoms with E-state index in [9.17, 15) is 4.79 Å². The van der Waals surface area contributed by atoms with Gasteiger partial charge in [0.1, 0.15) is 5.60 Å². The highest BCUT2D eigenvalue weighted by atomic mass is 16.6. The van der Waals surface area contributed by atoms with Gasteiger partial charge in [0.05, 0.1) is 6.04 Å². The third-order valence-corrected chi connectivity index (χ3v) is 4.62. The Bertz CT molecular complexity index is 711. The van der Waals surface area contributed by atoms with Gasteiger partial charge in [-0.05, 0) is 64.8 Å². The molecule has 136 valence electrons. The molecule has 3 rings (SSSR count). The molecule has 1 fully saturated rings. The minimum atomic E-state index is -0.496. The molecular formula is C20H29N3O2. The van der Waals surface area contributed by atoms with Crippen LogP contribution in [-0.2, 0) is 4.74 Å². The molecule has 1 unspecified atom stereocenters. The summed E-state index contributed by atoms with van der Waals surface area (Å²) in [5.74, 6) is 0. The minimum absolute atomic E-state index is 0.0633. The van der Waals surface area contributed by atoms with Crippen LogP contribution in [0.2, 0.25) is 0 Å². The van der Waals surface area contributed by atoms with E-state index in [1.54, 1.807) is 0 Å². The third kappa shape index (κ3) is 4.75. The first-order valence-electron chi connectivity index (χ1n) is 9.20. The molecule has 0 saturated carbocycles. The number of aromatic nitrogens is 1. The molecule has 1 aliphatic heterocycles. The molecular weight excluding hydrogens is 314 g/mol. The standard InChI is InChI=1S/C20H29N3O2/c1-20(2,3)25-19(24)22-18(10-13-23-11-6-7-12-23)16-14-21-17-9-5-4-8-15(16)17/h4-5,8-9,14,18,21H,6-7,10-13H2,1-3H3,(H,22,24). The van der Waals surface area contributed by atoms with E-state index in [1.165, 1.54) is 12.8 Å². The molecule has 25 heavy (non-hydrogen) atoms. The van der Waals surface area contributed by atoms with Crippen LogP contribution in [0.3, 0.4) is 0 Å². The second-order valence-corrected chi connectivity index (χ2v) is 7.83. The van der Waals surface area contributed by atoms with Crippen LogP contribution in [-0.4, -0.2) is 41.2 Å². The Morgan fingerprint density at radius 1 is 1.28 bits per heavy atom. The lowest BCUT2D eigenvalue weighted by Gasteiger charge is -2.25. The van der Waals surface area contributed by atoms with Gasteiger partial charge >= 0.3 is 6.09 Å². The predicted molar refractivity (Wildman–Crippen MR) is 101 cm³/mol. The zero-order valence-corrected chi connectivity index (χ0v) is 15.5. The summed E-state index contributed by atoms with van der Waals surface area (Å²) >= 11 is 0. The molecule has 5 nitrogen and oxygen atoms in total. The Morgan fingerprint density at radius 2 is 2.00 bits per heavy atom. The van der Waals surface area contributed by atoms with Crippen molar-refractivity contribution in [1.82, 2.24) is 15.2 Å². The summed E-state index contributed by atoms with van der Waals surface area (Å²) in [4.78, 5) is 18.1. The van der Waals surface area contributed by atoms with Gasteiger partial charge in [-0.15, -0.1) is 0 Å². The number of fused-ring (bicyclic) bond motifs is 1. The SMILES string of the molecule is CC(C)(C)OC(=O)NC(CCN1CCCC1)c1c[nH]c2ccccc12. The van der Waals surface area contributed by atoms with Gasteiger partial charge in [0.2, 0.25) is 0 Å². The second kappa shape index (κ2) is 7.48. The largest absolute Gasteiger partial charge is 0.444 e. The highest BCUT2D eigenvalue weighted by Crippen LogP contribution is 2.27. The van der Waals surface area contributed by atoms with E-state index in [1.807, 2.05) is 39.1 Å². The Kier molecular flexibility index (Phi) is 5.33. The van der Waals surface area contributed by atoms with Gasteiger partial charge in [-0.3, -0.25) is 0 Å². The molecule has 2 N–H and O–H groups in total. The van der Waals surface area contributed by atoms with Crippen molar-refractivity contribution >= 4 is 17.0 Å². The molecule has 1 aliphatic rings. The number of H-pyrrole nitrogens is 1. The van der Waals surface area contributed by atoms with Crippen molar-refractivity contribution in [3.63, 3.8) is 0 Å². The lowest BCUT2D eigenvalue weighted by atomic mass is 10.0. The Balaban J connectivity index is 1.76. The van der Waals surface area contributed by atoms with Gasteiger partial charge in [-0.1, -0.05) is 18.2 Å². The van der Waals surface area contributed by atoms with Gasteiger partial charge in [0, 0.05) is 23.6 Å². The number of alkyl carbamates (subject to hydrolysis) is 1. The number of amides is 1. The molecule has 2 heterocycles. The fourth-order valence-corrected chi connectivity index (χ4v) is 3.46. The maximum atomic E-state index is 12.3. The molecule has 5 heteroatoms. The van der Waals surface area contributed by atoms with Gasteiger partial charge in [0.25, 0.3) is 0 Å². The smallest absolute Gasteiger partial charge is 0.408 e. The van der Waals surface area contributed by atoms with Crippen LogP contribution in [0.15, 0.2) is 30.5 Å². The molecule has 1 saturated heterocycles. The molecule has 1 atom stereocenters. The second-order valence-electron chi connectivity index (χ2n) is 7.83. The summed E-state index contributed by atoms with van der Waals surface area (Å²) in [6, 6.07) is 8.14. The molecule has 1 aromatic heterocycles. The van der Waals surface area contributed by atoms with E-state index < -0.39 is 5.60 Å². The monoisotopic (exact) mass is 343 g/mol. The molecule has 1 amide bonds. The van der Waals surface area contributed by atoms with Gasteiger partial charge in [-0.25, -0.2) is 4.79 Å². The molecule has 0 spiro atoms. The average Bonchev–Trinajstić information content (AvgIpc) is 3.19. The molecule has 0 aliphatic carbocycles. The number of hydrogen-bond donors (Lipinski definition) is 2. The van der Waals surface area contributed by atoms with E-state index in [-0.39, 0.29) is 12.1 Å². The van der Waals surface area contributed by atoms with Crippen molar-refractivity contribution in [2.45, 2.75) is 51.7 Å². The van der Waals surface area contributed by atoms with Gasteiger partial charge in [0.15, 0.2) is 0 Å². The number of benzene rings is 1. The van der Waals surface area contributed by atoms with Crippen molar-refractivity contribution < 1.29 is 9.53 Å². The number of nitrogens with one attached hydrogen (secondary N) is 2. The summed E-state index contributed by atoms with van der Waals surface area (Å²) < 4.78 is 5.48. The Morgan fingerprint density at radius 3 is 2.72 bits per heavy atom. The minimum Gasteiger partial charge on any atom is -0.444 e. The molecule has 0 radical (unpaired) electrons. The zero-order valence-electron chi connectivity index (χ0n) is 15.5. The van der Waals surface area contributed by atoms with Gasteiger partial charge in [-0.2, -0.15) is 0 Å². The number of rotatable bonds is 5. The van der Waals surface area contributed by atoms with Crippen LogP contribution >= 0.6 is 0 Å². The van der Waals surface area contributed by atoms with Crippen LogP contribution in [0.4, 0.5) is 4.79 Å². The van der Waals surface area contributed by atoms with Crippen LogP contribution in [0.5, 0.6) is 0 Å². The first-order chi connectivity index (χ1) is 11.9. The quantitative estimate of drug-likeness (QED) is 0.854. The van der Waals surface area contributed by atoms with E-state index in [0.717, 1.165) is 42.5 Å². The first-order valence-corrected chi connectivity index (χ1v) is 9.20. The Labute approximate surface area is 149 Å². The van der Waals surface area contributed by atoms with Crippen molar-refractivity contribution in [2.75, 3.05) is 19.6 Å². The summed E-state index contributed by atoms with van der Waals surface area (Å²) in [6.07, 6.45) is 5.08. The zero-order chi connectivity index (χ0) is 17.9. The van der Waals surface area contributed by atoms with E-state index in [2.05, 4.69) is 27.3 Å². The summed E-state index contributed by atoms with van der Waals surface area (Å²) in [7, 11) is 0. The van der Waals surface area contributed by atoms with Crippen LogP contribution in [0, 0.1) is 0 Å². The fourth-order valence-electron chi connectivity index (χ4n) is 3.46. The molecule has 0 bridgehead atoms. The lowest BCUT2D eigenvalue weighted by molar-refractivity contribution is 0.0499. The van der Waals surface area contributed by atoms with E-state index in [0.29, 0.717) is 0 Å². The van der Waals surface area contributed by atoms with E-state index in [4.69, 9.17) is 4.74 Å². The highest BCUT2D eigenvalue weighted by Gasteiger charge is 2.23. The number of hydrogen-bond acceptors (Lipinski definition) is 3. The highest BCUT2D eigenvalue weighted by molar-refractivity contribution is 5.84. The third-order valence-electron chi connectivity index (χ3n) is 4.62. The summed E-state index contributed by atoms with van der Waals surface area (Å²) in [5.41, 5.74) is 1.72. The molecule has 2 aromatic rings. The summed E-state index contributed by atoms with van der Waals surface area (Å²) in [6.45, 7) is 8.96. The van der Waals surface area contributed by atoms with Crippen molar-refractivity contribution in [1.29, 1.82) is 0 Å². The number of para-hydroxylation sites is 1. The predicted octanol–water partition coefficient (Wildman–Crippen LogP) is 4.22. The fraction of sp³-hybridized carbons (Fsp3) is 0.550. The summed E-state index contributed by atoms with van der Waals surface area (Å²) in [5, 5.41) is 4.24. The average molecular weight is 343 g/mol. The normalized spacial score (nSPS) is 16.9. The number of nitrogens with zero attached hydrogens (tertiary/aromatic N) is 1. The Hall–Kier alpha value is -2.01. The van der Waals surface area contributed by atoms with Crippen molar-refractivity contribution in [3.05, 3.63) is 36.0 Å². The van der Waals surface area contributed by atoms with Crippen molar-refractivity contribution in [2.24, 2.45) is 0 Å². The maximum Gasteiger partial charge on any atom is 0.408 e. The lowest BCUT2D eigenvalue weighted by Crippen LogP contribution is -2.36. The maximum absolute atomic E-state index is 12.3. The van der Waals surface area contributed by atoms with Crippen molar-refractivity contribution in [3.8, 4) is 0 Å². The first kappa shape index (κ1) is 17.8. The number of likely N-dealkylation sites (tertiary alicyclic amines) is 1. The van der Waals surface area contributed by atoms with Crippen LogP contribution < -0.4 is 5.32 Å². The van der Waals surface area contributed by atoms with Gasteiger partial charge < -0.3 is 19.9 Å². The number of carbonyl (C=O) groups excluding carboxylic acids is 1. The van der Waals surface area contributed by atoms with Crippen LogP contribution in [0.1, 0.15) is 51.6 Å². The van der Waals surface area contributed by atoms with Crippen LogP contribution in [0.25, 0.3) is 10.9 Å². The number of carbonyl (C=O) groups is 1. The number of aromatic amines is 1. The topological polar surface area (TPSA) is 57.4 Å². The van der Waals surface area contributed by atoms with E-state index >= 15 is 0 Å². The molecule has 1 aromatic carbocycles. The number of ether oxygens (including phenoxy) is 1.